The molecule has 0 saturated heterocycles. The summed E-state index contributed by atoms with van der Waals surface area (Å²) in [7, 11) is 3.39. The second-order valence-corrected chi connectivity index (χ2v) is 7.17. The minimum absolute atomic E-state index is 0.114. The maximum Gasteiger partial charge on any atom is 0.333 e. The molecule has 138 valence electrons. The zero-order valence-electron chi connectivity index (χ0n) is 15.3. The smallest absolute Gasteiger partial charge is 0.333 e. The molecule has 6 nitrogen and oxygen atoms in total. The number of pyridine rings is 1. The van der Waals surface area contributed by atoms with Gasteiger partial charge in [0.2, 0.25) is 0 Å². The van der Waals surface area contributed by atoms with Crippen molar-refractivity contribution in [1.29, 1.82) is 0 Å². The highest BCUT2D eigenvalue weighted by molar-refractivity contribution is 7.03. The van der Waals surface area contributed by atoms with Crippen LogP contribution in [0.5, 0.6) is 5.75 Å². The molecular weight excluding hydrogens is 372 g/mol. The number of imidazole rings is 1. The first-order valence-corrected chi connectivity index (χ1v) is 9.55. The van der Waals surface area contributed by atoms with Crippen LogP contribution in [0.4, 0.5) is 0 Å². The van der Waals surface area contributed by atoms with Crippen molar-refractivity contribution in [3.63, 3.8) is 0 Å². The van der Waals surface area contributed by atoms with Gasteiger partial charge >= 0.3 is 5.69 Å². The summed E-state index contributed by atoms with van der Waals surface area (Å²) in [6, 6.07) is 13.6. The van der Waals surface area contributed by atoms with Crippen LogP contribution in [0.15, 0.2) is 65.0 Å². The Labute approximate surface area is 164 Å². The topological polar surface area (TPSA) is 61.9 Å². The van der Waals surface area contributed by atoms with Crippen molar-refractivity contribution in [2.45, 2.75) is 0 Å². The Kier molecular flexibility index (Phi) is 3.77. The summed E-state index contributed by atoms with van der Waals surface area (Å²) in [5.74, 6) is 0.746. The summed E-state index contributed by atoms with van der Waals surface area (Å²) in [4.78, 5) is 17.6. The van der Waals surface area contributed by atoms with Crippen molar-refractivity contribution in [1.82, 2.24) is 18.5 Å². The lowest BCUT2D eigenvalue weighted by atomic mass is 10.1. The van der Waals surface area contributed by atoms with Crippen molar-refractivity contribution >= 4 is 33.5 Å². The first kappa shape index (κ1) is 16.7. The number of fused-ring (bicyclic) bond motifs is 3. The fourth-order valence-corrected chi connectivity index (χ4v) is 4.04. The molecule has 0 fully saturated rings. The highest BCUT2D eigenvalue weighted by Crippen LogP contribution is 2.30. The third-order valence-electron chi connectivity index (χ3n) is 4.98. The zero-order chi connectivity index (χ0) is 19.3. The van der Waals surface area contributed by atoms with Crippen molar-refractivity contribution in [3.8, 4) is 22.6 Å². The molecule has 0 aliphatic carbocycles. The third kappa shape index (κ3) is 2.44. The molecule has 0 bridgehead atoms. The normalized spacial score (nSPS) is 11.4. The van der Waals surface area contributed by atoms with Crippen LogP contribution >= 0.6 is 11.5 Å². The molecule has 0 saturated carbocycles. The number of rotatable bonds is 3. The molecule has 5 rings (SSSR count). The Morgan fingerprint density at radius 1 is 1.04 bits per heavy atom. The van der Waals surface area contributed by atoms with Crippen LogP contribution in [0.3, 0.4) is 0 Å². The Morgan fingerprint density at radius 2 is 1.86 bits per heavy atom. The average Bonchev–Trinajstić information content (AvgIpc) is 3.36. The summed E-state index contributed by atoms with van der Waals surface area (Å²) < 4.78 is 12.8. The van der Waals surface area contributed by atoms with Crippen LogP contribution in [0.2, 0.25) is 0 Å². The molecule has 0 radical (unpaired) electrons. The van der Waals surface area contributed by atoms with Crippen molar-refractivity contribution < 1.29 is 4.74 Å². The molecule has 7 heteroatoms. The van der Waals surface area contributed by atoms with E-state index < -0.39 is 0 Å². The lowest BCUT2D eigenvalue weighted by molar-refractivity contribution is 0.414. The number of hydrogen-bond acceptors (Lipinski definition) is 5. The first-order valence-electron chi connectivity index (χ1n) is 8.72. The van der Waals surface area contributed by atoms with Gasteiger partial charge < -0.3 is 4.74 Å². The monoisotopic (exact) mass is 388 g/mol. The van der Waals surface area contributed by atoms with Gasteiger partial charge in [-0.05, 0) is 53.5 Å². The van der Waals surface area contributed by atoms with Crippen LogP contribution in [0, 0.1) is 0 Å². The van der Waals surface area contributed by atoms with Gasteiger partial charge in [0.25, 0.3) is 0 Å². The molecule has 0 unspecified atom stereocenters. The quantitative estimate of drug-likeness (QED) is 0.469. The molecule has 3 heterocycles. The van der Waals surface area contributed by atoms with E-state index in [2.05, 4.69) is 15.4 Å². The Bertz CT molecular complexity index is 1370. The average molecular weight is 388 g/mol. The van der Waals surface area contributed by atoms with E-state index in [-0.39, 0.29) is 5.69 Å². The van der Waals surface area contributed by atoms with Gasteiger partial charge in [-0.3, -0.25) is 14.1 Å². The molecule has 0 N–H and O–H groups in total. The zero-order valence-corrected chi connectivity index (χ0v) is 16.1. The summed E-state index contributed by atoms with van der Waals surface area (Å²) in [5, 5.41) is 2.94. The maximum absolute atomic E-state index is 13.1. The Balaban J connectivity index is 1.87. The summed E-state index contributed by atoms with van der Waals surface area (Å²) in [5.41, 5.74) is 5.24. The third-order valence-corrected chi connectivity index (χ3v) is 5.57. The number of aromatic nitrogens is 4. The summed E-state index contributed by atoms with van der Waals surface area (Å²) >= 11 is 1.42. The van der Waals surface area contributed by atoms with E-state index in [1.807, 2.05) is 48.0 Å². The van der Waals surface area contributed by atoms with Crippen LogP contribution in [-0.4, -0.2) is 25.6 Å². The predicted octanol–water partition coefficient (Wildman–Crippen LogP) is 4.01. The van der Waals surface area contributed by atoms with E-state index in [1.54, 1.807) is 29.5 Å². The van der Waals surface area contributed by atoms with Crippen LogP contribution in [0.25, 0.3) is 38.8 Å². The largest absolute Gasteiger partial charge is 0.497 e. The minimum atomic E-state index is -0.114. The second kappa shape index (κ2) is 6.31. The van der Waals surface area contributed by atoms with Gasteiger partial charge in [0.15, 0.2) is 0 Å². The van der Waals surface area contributed by atoms with Crippen LogP contribution in [0.1, 0.15) is 0 Å². The lowest BCUT2D eigenvalue weighted by Crippen LogP contribution is -2.20. The number of ether oxygens (including phenoxy) is 1. The maximum atomic E-state index is 13.1. The molecule has 0 amide bonds. The highest BCUT2D eigenvalue weighted by atomic mass is 32.1. The highest BCUT2D eigenvalue weighted by Gasteiger charge is 2.16. The molecule has 0 spiro atoms. The van der Waals surface area contributed by atoms with Gasteiger partial charge in [-0.15, -0.1) is 0 Å². The predicted molar refractivity (Wildman–Crippen MR) is 111 cm³/mol. The first-order chi connectivity index (χ1) is 13.7. The van der Waals surface area contributed by atoms with E-state index in [0.29, 0.717) is 0 Å². The number of methoxy groups -OCH3 is 1. The fourth-order valence-electron chi connectivity index (χ4n) is 3.50. The van der Waals surface area contributed by atoms with E-state index >= 15 is 0 Å². The van der Waals surface area contributed by atoms with Crippen molar-refractivity contribution in [2.24, 2.45) is 7.05 Å². The summed E-state index contributed by atoms with van der Waals surface area (Å²) in [6.45, 7) is 0. The van der Waals surface area contributed by atoms with E-state index in [4.69, 9.17) is 4.74 Å². The molecule has 0 aliphatic rings. The number of nitrogens with zero attached hydrogens (tertiary/aromatic N) is 4. The van der Waals surface area contributed by atoms with Gasteiger partial charge in [0.1, 0.15) is 5.75 Å². The molecular formula is C21H16N4O2S. The number of benzene rings is 2. The number of aryl methyl sites for hydroxylation is 1. The molecule has 3 aromatic heterocycles. The Hall–Kier alpha value is -3.45. The SMILES string of the molecule is COc1ccc(-n2c(=O)n(C)c3cnc4ccc(-c5cnsc5)cc4c32)cc1. The van der Waals surface area contributed by atoms with E-state index in [1.165, 1.54) is 11.5 Å². The molecule has 0 aliphatic heterocycles. The minimum Gasteiger partial charge on any atom is -0.497 e. The van der Waals surface area contributed by atoms with Gasteiger partial charge in [-0.25, -0.2) is 9.17 Å². The van der Waals surface area contributed by atoms with Gasteiger partial charge in [0.05, 0.1) is 35.5 Å². The molecule has 2 aromatic carbocycles. The van der Waals surface area contributed by atoms with Crippen LogP contribution < -0.4 is 10.4 Å². The van der Waals surface area contributed by atoms with E-state index in [0.717, 1.165) is 44.5 Å². The molecule has 0 atom stereocenters. The summed E-state index contributed by atoms with van der Waals surface area (Å²) in [6.07, 6.45) is 3.60. The standard InChI is InChI=1S/C21H16N4O2S/c1-24-19-11-22-18-8-3-13(14-10-23-28-12-14)9-17(18)20(19)25(21(24)26)15-4-6-16(27-2)7-5-15/h3-12H,1-2H3. The lowest BCUT2D eigenvalue weighted by Gasteiger charge is -2.08. The van der Waals surface area contributed by atoms with Gasteiger partial charge in [-0.1, -0.05) is 6.07 Å². The van der Waals surface area contributed by atoms with Crippen molar-refractivity contribution in [2.75, 3.05) is 7.11 Å². The fraction of sp³-hybridized carbons (Fsp3) is 0.0952. The number of hydrogen-bond donors (Lipinski definition) is 0. The van der Waals surface area contributed by atoms with Crippen molar-refractivity contribution in [3.05, 3.63) is 70.7 Å². The molecule has 28 heavy (non-hydrogen) atoms. The van der Waals surface area contributed by atoms with E-state index in [9.17, 15) is 4.79 Å². The van der Waals surface area contributed by atoms with Crippen LogP contribution in [-0.2, 0) is 7.05 Å². The molecule has 5 aromatic rings. The van der Waals surface area contributed by atoms with Gasteiger partial charge in [-0.2, -0.15) is 0 Å². The second-order valence-electron chi connectivity index (χ2n) is 6.51. The van der Waals surface area contributed by atoms with Gasteiger partial charge in [0, 0.05) is 29.6 Å². The Morgan fingerprint density at radius 3 is 2.57 bits per heavy atom.